The monoisotopic (exact) mass is 336 g/mol. The topological polar surface area (TPSA) is 37.8 Å². The summed E-state index contributed by atoms with van der Waals surface area (Å²) in [6.45, 7) is 5.03. The van der Waals surface area contributed by atoms with E-state index in [2.05, 4.69) is 47.0 Å². The maximum Gasteiger partial charge on any atom is 0.281 e. The van der Waals surface area contributed by atoms with E-state index < -0.39 is 0 Å². The molecule has 0 amide bonds. The lowest BCUT2D eigenvalue weighted by molar-refractivity contribution is 0.547. The van der Waals surface area contributed by atoms with E-state index in [9.17, 15) is 4.79 Å². The summed E-state index contributed by atoms with van der Waals surface area (Å²) in [6, 6.07) is 10.4. The van der Waals surface area contributed by atoms with Gasteiger partial charge in [-0.25, -0.2) is 0 Å². The summed E-state index contributed by atoms with van der Waals surface area (Å²) in [5.41, 5.74) is 2.37. The molecule has 0 atom stereocenters. The highest BCUT2D eigenvalue weighted by Gasteiger charge is 2.12. The minimum atomic E-state index is 0.0497. The summed E-state index contributed by atoms with van der Waals surface area (Å²) >= 11 is 3.40. The molecule has 0 unspecified atom stereocenters. The van der Waals surface area contributed by atoms with Gasteiger partial charge in [-0.05, 0) is 46.7 Å². The van der Waals surface area contributed by atoms with E-state index in [1.807, 2.05) is 18.2 Å². The van der Waals surface area contributed by atoms with Crippen molar-refractivity contribution in [2.45, 2.75) is 39.7 Å². The second kappa shape index (κ2) is 6.93. The minimum Gasteiger partial charge on any atom is -0.299 e. The number of rotatable bonds is 6. The van der Waals surface area contributed by atoms with Crippen LogP contribution in [-0.4, -0.2) is 9.78 Å². The van der Waals surface area contributed by atoms with Crippen LogP contribution in [0.5, 0.6) is 0 Å². The highest BCUT2D eigenvalue weighted by atomic mass is 79.9. The molecule has 1 N–H and O–H groups in total. The molecule has 4 heteroatoms. The number of nitrogens with one attached hydrogen (secondary N) is 1. The number of halogens is 1. The Labute approximate surface area is 128 Å². The molecular weight excluding hydrogens is 316 g/mol. The molecule has 3 nitrogen and oxygen atoms in total. The van der Waals surface area contributed by atoms with Gasteiger partial charge < -0.3 is 0 Å². The van der Waals surface area contributed by atoms with Crippen molar-refractivity contribution < 1.29 is 0 Å². The van der Waals surface area contributed by atoms with Crippen LogP contribution in [0, 0.1) is 5.92 Å². The molecule has 108 valence electrons. The summed E-state index contributed by atoms with van der Waals surface area (Å²) in [4.78, 5) is 12.1. The molecule has 2 aromatic rings. The van der Waals surface area contributed by atoms with Crippen molar-refractivity contribution in [3.63, 3.8) is 0 Å². The van der Waals surface area contributed by atoms with Crippen molar-refractivity contribution in [3.05, 3.63) is 56.4 Å². The number of aromatic nitrogens is 2. The van der Waals surface area contributed by atoms with Gasteiger partial charge in [0.05, 0.1) is 5.69 Å². The Bertz CT molecular complexity index is 599. The first-order valence-corrected chi connectivity index (χ1v) is 7.88. The van der Waals surface area contributed by atoms with Gasteiger partial charge >= 0.3 is 0 Å². The third-order valence-electron chi connectivity index (χ3n) is 3.27. The standard InChI is InChI=1S/C16H21BrN2O/c1-12(2)11-14-15(17)16(20)19(18-14)10-6-9-13-7-4-3-5-8-13/h3-5,7-8,12,18H,6,9-11H2,1-2H3. The third kappa shape index (κ3) is 3.85. The highest BCUT2D eigenvalue weighted by molar-refractivity contribution is 9.10. The van der Waals surface area contributed by atoms with Gasteiger partial charge in [0.1, 0.15) is 4.47 Å². The predicted octanol–water partition coefficient (Wildman–Crippen LogP) is 3.77. The first kappa shape index (κ1) is 15.1. The van der Waals surface area contributed by atoms with Crippen LogP contribution in [0.3, 0.4) is 0 Å². The lowest BCUT2D eigenvalue weighted by atomic mass is 10.1. The van der Waals surface area contributed by atoms with Gasteiger partial charge in [-0.15, -0.1) is 0 Å². The van der Waals surface area contributed by atoms with Crippen molar-refractivity contribution in [3.8, 4) is 0 Å². The fourth-order valence-electron chi connectivity index (χ4n) is 2.30. The lowest BCUT2D eigenvalue weighted by Crippen LogP contribution is -2.17. The number of aromatic amines is 1. The molecule has 0 bridgehead atoms. The van der Waals surface area contributed by atoms with Crippen LogP contribution in [0.2, 0.25) is 0 Å². The molecular formula is C16H21BrN2O. The molecule has 0 saturated heterocycles. The van der Waals surface area contributed by atoms with Crippen LogP contribution in [0.4, 0.5) is 0 Å². The first-order valence-electron chi connectivity index (χ1n) is 7.09. The largest absolute Gasteiger partial charge is 0.299 e. The van der Waals surface area contributed by atoms with Gasteiger partial charge in [-0.2, -0.15) is 0 Å². The average molecular weight is 337 g/mol. The van der Waals surface area contributed by atoms with Crippen molar-refractivity contribution in [2.75, 3.05) is 0 Å². The molecule has 0 aliphatic carbocycles. The summed E-state index contributed by atoms with van der Waals surface area (Å²) < 4.78 is 2.40. The van der Waals surface area contributed by atoms with Gasteiger partial charge in [0.2, 0.25) is 0 Å². The second-order valence-corrected chi connectivity index (χ2v) is 6.34. The van der Waals surface area contributed by atoms with Crippen LogP contribution < -0.4 is 5.56 Å². The number of hydrogen-bond donors (Lipinski definition) is 1. The molecule has 0 spiro atoms. The van der Waals surface area contributed by atoms with E-state index >= 15 is 0 Å². The predicted molar refractivity (Wildman–Crippen MR) is 86.1 cm³/mol. The quantitative estimate of drug-likeness (QED) is 0.856. The number of nitrogens with zero attached hydrogens (tertiary/aromatic N) is 1. The summed E-state index contributed by atoms with van der Waals surface area (Å²) in [7, 11) is 0. The molecule has 0 radical (unpaired) electrons. The van der Waals surface area contributed by atoms with Crippen LogP contribution >= 0.6 is 15.9 Å². The van der Waals surface area contributed by atoms with Gasteiger partial charge in [0, 0.05) is 6.54 Å². The van der Waals surface area contributed by atoms with E-state index in [0.717, 1.165) is 31.5 Å². The van der Waals surface area contributed by atoms with E-state index in [0.29, 0.717) is 10.4 Å². The number of H-pyrrole nitrogens is 1. The Hall–Kier alpha value is -1.29. The van der Waals surface area contributed by atoms with E-state index in [-0.39, 0.29) is 5.56 Å². The Morgan fingerprint density at radius 1 is 1.25 bits per heavy atom. The Balaban J connectivity index is 1.98. The van der Waals surface area contributed by atoms with Gasteiger partial charge in [-0.1, -0.05) is 44.2 Å². The van der Waals surface area contributed by atoms with Crippen molar-refractivity contribution in [1.29, 1.82) is 0 Å². The van der Waals surface area contributed by atoms with Crippen LogP contribution in [0.15, 0.2) is 39.6 Å². The fourth-order valence-corrected chi connectivity index (χ4v) is 2.76. The molecule has 0 saturated carbocycles. The zero-order valence-electron chi connectivity index (χ0n) is 12.0. The fraction of sp³-hybridized carbons (Fsp3) is 0.438. The summed E-state index contributed by atoms with van der Waals surface area (Å²) in [6.07, 6.45) is 2.84. The van der Waals surface area contributed by atoms with Crippen LogP contribution in [0.25, 0.3) is 0 Å². The SMILES string of the molecule is CC(C)Cc1[nH]n(CCCc2ccccc2)c(=O)c1Br. The summed E-state index contributed by atoms with van der Waals surface area (Å²) in [5.74, 6) is 0.530. The molecule has 0 fully saturated rings. The van der Waals surface area contributed by atoms with E-state index in [4.69, 9.17) is 0 Å². The van der Waals surface area contributed by atoms with Crippen LogP contribution in [-0.2, 0) is 19.4 Å². The van der Waals surface area contributed by atoms with Gasteiger partial charge in [0.15, 0.2) is 0 Å². The average Bonchev–Trinajstić information content (AvgIpc) is 2.68. The van der Waals surface area contributed by atoms with Crippen molar-refractivity contribution >= 4 is 15.9 Å². The van der Waals surface area contributed by atoms with Crippen LogP contribution in [0.1, 0.15) is 31.5 Å². The number of hydrogen-bond acceptors (Lipinski definition) is 1. The number of aryl methyl sites for hydroxylation is 2. The highest BCUT2D eigenvalue weighted by Crippen LogP contribution is 2.14. The Kier molecular flexibility index (Phi) is 5.24. The lowest BCUT2D eigenvalue weighted by Gasteiger charge is -2.04. The zero-order valence-corrected chi connectivity index (χ0v) is 13.6. The maximum atomic E-state index is 12.1. The van der Waals surface area contributed by atoms with Gasteiger partial charge in [-0.3, -0.25) is 14.6 Å². The number of benzene rings is 1. The molecule has 0 aliphatic heterocycles. The third-order valence-corrected chi connectivity index (χ3v) is 4.09. The van der Waals surface area contributed by atoms with Crippen molar-refractivity contribution in [1.82, 2.24) is 9.78 Å². The second-order valence-electron chi connectivity index (χ2n) is 5.55. The minimum absolute atomic E-state index is 0.0497. The molecule has 1 aromatic heterocycles. The first-order chi connectivity index (χ1) is 9.58. The maximum absolute atomic E-state index is 12.1. The molecule has 1 aromatic carbocycles. The smallest absolute Gasteiger partial charge is 0.281 e. The molecule has 0 aliphatic rings. The summed E-state index contributed by atoms with van der Waals surface area (Å²) in [5, 5.41) is 3.22. The molecule has 2 rings (SSSR count). The molecule has 20 heavy (non-hydrogen) atoms. The van der Waals surface area contributed by atoms with Crippen molar-refractivity contribution in [2.24, 2.45) is 5.92 Å². The van der Waals surface area contributed by atoms with E-state index in [1.165, 1.54) is 5.56 Å². The normalized spacial score (nSPS) is 11.2. The molecule has 1 heterocycles. The Morgan fingerprint density at radius 3 is 2.60 bits per heavy atom. The Morgan fingerprint density at radius 2 is 1.95 bits per heavy atom. The zero-order chi connectivity index (χ0) is 14.5. The van der Waals surface area contributed by atoms with Gasteiger partial charge in [0.25, 0.3) is 5.56 Å². The van der Waals surface area contributed by atoms with E-state index in [1.54, 1.807) is 4.68 Å².